The monoisotopic (exact) mass is 615 g/mol. The Labute approximate surface area is 231 Å². The van der Waals surface area contributed by atoms with Crippen molar-refractivity contribution in [2.45, 2.75) is 50.4 Å². The topological polar surface area (TPSA) is 245 Å². The summed E-state index contributed by atoms with van der Waals surface area (Å²) in [6.07, 6.45) is 1.33. The van der Waals surface area contributed by atoms with Gasteiger partial charge in [0.1, 0.15) is 12.2 Å². The number of aromatic nitrogens is 6. The van der Waals surface area contributed by atoms with Crippen molar-refractivity contribution in [2.24, 2.45) is 11.8 Å². The van der Waals surface area contributed by atoms with E-state index >= 15 is 0 Å². The first kappa shape index (κ1) is 28.3. The summed E-state index contributed by atoms with van der Waals surface area (Å²) < 4.78 is 61.1. The average Bonchev–Trinajstić information content (AvgIpc) is 3.57. The lowest BCUT2D eigenvalue weighted by molar-refractivity contribution is -0.0547. The Morgan fingerprint density at radius 2 is 1.88 bits per heavy atom. The van der Waals surface area contributed by atoms with Gasteiger partial charge in [0.2, 0.25) is 11.8 Å². The number of nitrogen functional groups attached to an aromatic ring is 1. The second kappa shape index (κ2) is 10.8. The third-order valence-corrected chi connectivity index (χ3v) is 9.21. The molecule has 2 aliphatic heterocycles. The van der Waals surface area contributed by atoms with Crippen LogP contribution in [0.1, 0.15) is 26.0 Å². The normalized spacial score (nSPS) is 38.1. The molecule has 2 unspecified atom stereocenters. The van der Waals surface area contributed by atoms with Crippen LogP contribution in [0, 0.1) is 11.8 Å². The molecule has 5 heterocycles. The molecule has 41 heavy (non-hydrogen) atoms. The molecule has 0 radical (unpaired) electrons. The third kappa shape index (κ3) is 5.93. The number of aromatic amines is 1. The molecule has 18 nitrogen and oxygen atoms in total. The van der Waals surface area contributed by atoms with E-state index in [4.69, 9.17) is 33.3 Å². The van der Waals surface area contributed by atoms with Crippen molar-refractivity contribution in [1.29, 1.82) is 0 Å². The second-order valence-corrected chi connectivity index (χ2v) is 12.8. The summed E-state index contributed by atoms with van der Waals surface area (Å²) in [5.41, 5.74) is 5.09. The standard InChI is InChI=1S/C21H27N7O11P2/c1-10-14-8-35-40(30,31)38-13-5-12(36-15-6-23-2-3-24-15)4-11(13)7-34-41(32,33)39-17(10)20(37-14)28-9-25-16-18(28)26-21(22)27-19(16)29/h2-3,6,9-14,17,20H,4-5,7-8H2,1H3,(H,30,31)(H,32,33)(H3,22,26,27,29)/t10-,11-,12-,13+,14-,17-,20-/m1/s1. The lowest BCUT2D eigenvalue weighted by atomic mass is 10.0. The van der Waals surface area contributed by atoms with E-state index < -0.39 is 70.3 Å². The van der Waals surface area contributed by atoms with Gasteiger partial charge in [-0.2, -0.15) is 4.98 Å². The van der Waals surface area contributed by atoms with Crippen LogP contribution in [-0.4, -0.2) is 76.9 Å². The SMILES string of the molecule is C[C@H]1[C@H]2OP(=O)(O)OC[C@H]3C[C@@H](Oc4cnccn4)C[C@@H]3OP(=O)(O)OC[C@H]1O[C@H]2n1cnc2c(=O)[nH]c(N)nc21. The minimum absolute atomic E-state index is 0.0348. The molecule has 2 bridgehead atoms. The highest BCUT2D eigenvalue weighted by Crippen LogP contribution is 2.55. The van der Waals surface area contributed by atoms with Gasteiger partial charge < -0.3 is 25.0 Å². The number of nitrogens with zero attached hydrogens (tertiary/aromatic N) is 5. The Balaban J connectivity index is 1.28. The Bertz CT molecular complexity index is 1570. The summed E-state index contributed by atoms with van der Waals surface area (Å²) in [5, 5.41) is 0. The lowest BCUT2D eigenvalue weighted by Gasteiger charge is -2.26. The lowest BCUT2D eigenvalue weighted by Crippen LogP contribution is -2.28. The average molecular weight is 615 g/mol. The van der Waals surface area contributed by atoms with E-state index in [1.165, 1.54) is 29.5 Å². The highest BCUT2D eigenvalue weighted by Gasteiger charge is 2.50. The zero-order chi connectivity index (χ0) is 28.9. The molecule has 3 fully saturated rings. The maximum absolute atomic E-state index is 13.2. The van der Waals surface area contributed by atoms with Gasteiger partial charge in [-0.15, -0.1) is 0 Å². The molecule has 0 amide bonds. The van der Waals surface area contributed by atoms with Crippen molar-refractivity contribution in [3.05, 3.63) is 35.3 Å². The number of hydrogen-bond acceptors (Lipinski definition) is 14. The number of nitrogens with one attached hydrogen (secondary N) is 1. The zero-order valence-electron chi connectivity index (χ0n) is 21.5. The van der Waals surface area contributed by atoms with Gasteiger partial charge in [0, 0.05) is 30.7 Å². The fourth-order valence-electron chi connectivity index (χ4n) is 5.24. The molecule has 9 atom stereocenters. The minimum Gasteiger partial charge on any atom is -0.473 e. The van der Waals surface area contributed by atoms with E-state index in [0.717, 1.165) is 0 Å². The number of H-pyrrole nitrogens is 1. The van der Waals surface area contributed by atoms with Crippen LogP contribution in [0.25, 0.3) is 11.2 Å². The second-order valence-electron chi connectivity index (χ2n) is 9.96. The van der Waals surface area contributed by atoms with Gasteiger partial charge in [-0.1, -0.05) is 6.92 Å². The van der Waals surface area contributed by atoms with Crippen LogP contribution >= 0.6 is 15.6 Å². The largest absolute Gasteiger partial charge is 0.473 e. The first-order valence-corrected chi connectivity index (χ1v) is 15.6. The van der Waals surface area contributed by atoms with Crippen LogP contribution in [0.3, 0.4) is 0 Å². The summed E-state index contributed by atoms with van der Waals surface area (Å²) in [4.78, 5) is 52.1. The fourth-order valence-corrected chi connectivity index (χ4v) is 7.28. The van der Waals surface area contributed by atoms with Gasteiger partial charge in [-0.25, -0.2) is 19.1 Å². The molecular formula is C21H27N7O11P2. The molecule has 0 aromatic carbocycles. The van der Waals surface area contributed by atoms with E-state index in [0.29, 0.717) is 0 Å². The van der Waals surface area contributed by atoms with Crippen molar-refractivity contribution >= 4 is 32.8 Å². The molecule has 3 aromatic rings. The quantitative estimate of drug-likeness (QED) is 0.299. The Kier molecular flexibility index (Phi) is 7.46. The zero-order valence-corrected chi connectivity index (χ0v) is 23.2. The number of rotatable bonds is 3. The van der Waals surface area contributed by atoms with Crippen LogP contribution in [0.2, 0.25) is 0 Å². The van der Waals surface area contributed by atoms with E-state index in [9.17, 15) is 23.7 Å². The predicted molar refractivity (Wildman–Crippen MR) is 136 cm³/mol. The highest BCUT2D eigenvalue weighted by molar-refractivity contribution is 7.47. The molecule has 6 rings (SSSR count). The van der Waals surface area contributed by atoms with E-state index in [-0.39, 0.29) is 42.4 Å². The maximum Gasteiger partial charge on any atom is 0.472 e. The Hall–Kier alpha value is -2.79. The molecule has 1 aliphatic carbocycles. The molecule has 5 N–H and O–H groups in total. The molecule has 2 saturated heterocycles. The first-order chi connectivity index (χ1) is 19.5. The molecule has 1 saturated carbocycles. The van der Waals surface area contributed by atoms with Crippen LogP contribution in [-0.2, 0) is 32.0 Å². The van der Waals surface area contributed by atoms with Gasteiger partial charge in [0.15, 0.2) is 17.4 Å². The summed E-state index contributed by atoms with van der Waals surface area (Å²) in [7, 11) is -9.38. The Morgan fingerprint density at radius 3 is 2.66 bits per heavy atom. The number of ether oxygens (including phenoxy) is 2. The summed E-state index contributed by atoms with van der Waals surface area (Å²) >= 11 is 0. The van der Waals surface area contributed by atoms with Gasteiger partial charge >= 0.3 is 15.6 Å². The van der Waals surface area contributed by atoms with Gasteiger partial charge in [0.25, 0.3) is 5.56 Å². The molecular weight excluding hydrogens is 588 g/mol. The summed E-state index contributed by atoms with van der Waals surface area (Å²) in [6.45, 7) is 0.843. The number of anilines is 1. The smallest absolute Gasteiger partial charge is 0.472 e. The van der Waals surface area contributed by atoms with Crippen molar-refractivity contribution in [3.63, 3.8) is 0 Å². The van der Waals surface area contributed by atoms with Crippen LogP contribution in [0.5, 0.6) is 5.88 Å². The molecule has 0 spiro atoms. The van der Waals surface area contributed by atoms with Crippen LogP contribution < -0.4 is 16.0 Å². The molecule has 3 aromatic heterocycles. The third-order valence-electron chi connectivity index (χ3n) is 7.22. The number of fused-ring (bicyclic) bond motifs is 4. The van der Waals surface area contributed by atoms with Crippen molar-refractivity contribution in [1.82, 2.24) is 29.5 Å². The number of nitrogens with two attached hydrogens (primary N) is 1. The van der Waals surface area contributed by atoms with E-state index in [1.807, 2.05) is 0 Å². The van der Waals surface area contributed by atoms with E-state index in [2.05, 4.69) is 24.9 Å². The van der Waals surface area contributed by atoms with Crippen molar-refractivity contribution in [2.75, 3.05) is 18.9 Å². The van der Waals surface area contributed by atoms with Gasteiger partial charge in [-0.3, -0.25) is 37.4 Å². The summed E-state index contributed by atoms with van der Waals surface area (Å²) in [6, 6.07) is 0. The predicted octanol–water partition coefficient (Wildman–Crippen LogP) is 0.901. The van der Waals surface area contributed by atoms with Gasteiger partial charge in [0.05, 0.1) is 37.9 Å². The number of hydrogen-bond donors (Lipinski definition) is 4. The number of phosphoric acid groups is 2. The molecule has 222 valence electrons. The van der Waals surface area contributed by atoms with E-state index in [1.54, 1.807) is 6.92 Å². The highest BCUT2D eigenvalue weighted by atomic mass is 31.2. The Morgan fingerprint density at radius 1 is 1.10 bits per heavy atom. The van der Waals surface area contributed by atoms with Crippen LogP contribution in [0.15, 0.2) is 29.7 Å². The maximum atomic E-state index is 13.2. The summed E-state index contributed by atoms with van der Waals surface area (Å²) in [5.74, 6) is -1.25. The van der Waals surface area contributed by atoms with Crippen LogP contribution in [0.4, 0.5) is 5.95 Å². The first-order valence-electron chi connectivity index (χ1n) is 12.6. The molecule has 3 aliphatic rings. The number of phosphoric ester groups is 2. The molecule has 20 heteroatoms. The minimum atomic E-state index is -4.74. The fraction of sp³-hybridized carbons (Fsp3) is 0.571. The van der Waals surface area contributed by atoms with Crippen molar-refractivity contribution in [3.8, 4) is 5.88 Å². The number of imidazole rings is 1. The van der Waals surface area contributed by atoms with Crippen molar-refractivity contribution < 1.29 is 46.5 Å². The van der Waals surface area contributed by atoms with Gasteiger partial charge in [-0.05, 0) is 6.42 Å².